The Morgan fingerprint density at radius 1 is 0.882 bits per heavy atom. The summed E-state index contributed by atoms with van der Waals surface area (Å²) in [7, 11) is 0. The van der Waals surface area contributed by atoms with E-state index in [2.05, 4.69) is 15.9 Å². The number of ether oxygens (including phenoxy) is 2. The third kappa shape index (κ3) is 4.23. The molecule has 0 spiro atoms. The van der Waals surface area contributed by atoms with E-state index < -0.39 is 10.8 Å². The number of fused-ring (bicyclic) bond motifs is 2. The maximum atomic E-state index is 13.8. The van der Waals surface area contributed by atoms with Crippen molar-refractivity contribution in [1.29, 1.82) is 0 Å². The van der Waals surface area contributed by atoms with Crippen LogP contribution in [-0.2, 0) is 6.54 Å². The van der Waals surface area contributed by atoms with Gasteiger partial charge in [0.05, 0.1) is 23.2 Å². The Morgan fingerprint density at radius 2 is 1.65 bits per heavy atom. The number of nitrogens with zero attached hydrogens (tertiary/aromatic N) is 2. The van der Waals surface area contributed by atoms with Crippen LogP contribution in [0.15, 0.2) is 95.5 Å². The molecule has 1 aliphatic rings. The van der Waals surface area contributed by atoms with Crippen LogP contribution in [0, 0.1) is 10.1 Å². The molecule has 0 saturated carbocycles. The number of carbonyl (C=O) groups is 1. The summed E-state index contributed by atoms with van der Waals surface area (Å²) in [6.07, 6.45) is 0. The highest BCUT2D eigenvalue weighted by molar-refractivity contribution is 9.10. The van der Waals surface area contributed by atoms with Gasteiger partial charge in [0.15, 0.2) is 17.1 Å². The molecule has 0 bridgehead atoms. The van der Waals surface area contributed by atoms with Crippen molar-refractivity contribution >= 4 is 33.2 Å². The van der Waals surface area contributed by atoms with Crippen LogP contribution in [0.4, 0.5) is 11.4 Å². The molecule has 34 heavy (non-hydrogen) atoms. The minimum atomic E-state index is -0.592. The molecule has 0 radical (unpaired) electrons. The van der Waals surface area contributed by atoms with Gasteiger partial charge in [-0.2, -0.15) is 0 Å². The second-order valence-corrected chi connectivity index (χ2v) is 8.49. The Kier molecular flexibility index (Phi) is 5.73. The van der Waals surface area contributed by atoms with E-state index in [9.17, 15) is 14.9 Å². The van der Waals surface area contributed by atoms with Crippen LogP contribution < -0.4 is 14.4 Å². The summed E-state index contributed by atoms with van der Waals surface area (Å²) in [5.74, 6) is 0.652. The number of nitro groups is 1. The lowest BCUT2D eigenvalue weighted by Crippen LogP contribution is -2.30. The number of benzene rings is 4. The summed E-state index contributed by atoms with van der Waals surface area (Å²) in [5.41, 5.74) is 0.855. The van der Waals surface area contributed by atoms with Gasteiger partial charge in [-0.3, -0.25) is 14.9 Å². The number of halogens is 1. The first kappa shape index (κ1) is 21.7. The van der Waals surface area contributed by atoms with Crippen LogP contribution in [0.3, 0.4) is 0 Å². The van der Waals surface area contributed by atoms with Gasteiger partial charge in [0.25, 0.3) is 11.6 Å². The molecule has 0 atom stereocenters. The Labute approximate surface area is 203 Å². The van der Waals surface area contributed by atoms with Gasteiger partial charge >= 0.3 is 0 Å². The largest absolute Gasteiger partial charge is 0.457 e. The summed E-state index contributed by atoms with van der Waals surface area (Å²) in [4.78, 5) is 26.7. The maximum Gasteiger partial charge on any atom is 0.289 e. The van der Waals surface area contributed by atoms with Crippen LogP contribution >= 0.6 is 15.9 Å². The zero-order chi connectivity index (χ0) is 23.7. The average molecular weight is 517 g/mol. The molecule has 4 aromatic carbocycles. The van der Waals surface area contributed by atoms with Crippen molar-refractivity contribution in [2.75, 3.05) is 4.90 Å². The van der Waals surface area contributed by atoms with Crippen molar-refractivity contribution in [2.45, 2.75) is 6.54 Å². The highest BCUT2D eigenvalue weighted by Crippen LogP contribution is 2.45. The molecule has 0 N–H and O–H groups in total. The van der Waals surface area contributed by atoms with Gasteiger partial charge in [-0.25, -0.2) is 0 Å². The molecule has 168 valence electrons. The smallest absolute Gasteiger partial charge is 0.289 e. The lowest BCUT2D eigenvalue weighted by atomic mass is 10.1. The van der Waals surface area contributed by atoms with E-state index in [1.165, 1.54) is 17.0 Å². The van der Waals surface area contributed by atoms with Gasteiger partial charge in [-0.15, -0.1) is 0 Å². The average Bonchev–Trinajstić information content (AvgIpc) is 2.94. The van der Waals surface area contributed by atoms with Gasteiger partial charge < -0.3 is 14.4 Å². The van der Waals surface area contributed by atoms with Crippen LogP contribution in [0.25, 0.3) is 0 Å². The van der Waals surface area contributed by atoms with Crippen LogP contribution in [0.1, 0.15) is 15.9 Å². The second kappa shape index (κ2) is 8.99. The van der Waals surface area contributed by atoms with Crippen molar-refractivity contribution < 1.29 is 19.2 Å². The predicted octanol–water partition coefficient (Wildman–Crippen LogP) is 7.10. The molecule has 8 heteroatoms. The molecule has 0 fully saturated rings. The minimum Gasteiger partial charge on any atom is -0.457 e. The van der Waals surface area contributed by atoms with Gasteiger partial charge in [0, 0.05) is 10.5 Å². The molecular weight excluding hydrogens is 500 g/mol. The number of nitro benzene ring substituents is 1. The summed E-state index contributed by atoms with van der Waals surface area (Å²) in [6.45, 7) is 0.206. The van der Waals surface area contributed by atoms with E-state index in [1.807, 2.05) is 30.3 Å². The van der Waals surface area contributed by atoms with Gasteiger partial charge in [0.1, 0.15) is 11.5 Å². The van der Waals surface area contributed by atoms with E-state index in [0.717, 1.165) is 10.0 Å². The quantitative estimate of drug-likeness (QED) is 0.208. The molecule has 1 heterocycles. The number of amides is 1. The minimum absolute atomic E-state index is 0.0642. The fourth-order valence-corrected chi connectivity index (χ4v) is 4.25. The number of hydrogen-bond donors (Lipinski definition) is 0. The zero-order valence-electron chi connectivity index (χ0n) is 17.7. The first-order chi connectivity index (χ1) is 16.5. The van der Waals surface area contributed by atoms with Crippen molar-refractivity contribution in [3.8, 4) is 23.0 Å². The summed E-state index contributed by atoms with van der Waals surface area (Å²) >= 11 is 3.45. The standard InChI is InChI=1S/C26H17BrN2O5/c27-18-8-6-7-17(13-18)16-28-21-11-4-5-12-23(21)34-24-15-20(33-19-9-2-1-3-10-19)14-22(29(31)32)25(24)26(28)30/h1-15H,16H2. The predicted molar refractivity (Wildman–Crippen MR) is 131 cm³/mol. The van der Waals surface area contributed by atoms with Crippen molar-refractivity contribution in [1.82, 2.24) is 0 Å². The number of anilines is 1. The first-order valence-electron chi connectivity index (χ1n) is 10.4. The molecular formula is C26H17BrN2O5. The SMILES string of the molecule is O=C1c2c(cc(Oc3ccccc3)cc2[N+](=O)[O-])Oc2ccccc2N1Cc1cccc(Br)c1. The van der Waals surface area contributed by atoms with E-state index in [0.29, 0.717) is 17.2 Å². The summed E-state index contributed by atoms with van der Waals surface area (Å²) < 4.78 is 12.8. The lowest BCUT2D eigenvalue weighted by Gasteiger charge is -2.22. The molecule has 0 saturated heterocycles. The lowest BCUT2D eigenvalue weighted by molar-refractivity contribution is -0.385. The molecule has 1 amide bonds. The topological polar surface area (TPSA) is 81.9 Å². The fraction of sp³-hybridized carbons (Fsp3) is 0.0385. The van der Waals surface area contributed by atoms with Crippen molar-refractivity contribution in [3.63, 3.8) is 0 Å². The maximum absolute atomic E-state index is 13.8. The van der Waals surface area contributed by atoms with Crippen LogP contribution in [0.5, 0.6) is 23.0 Å². The van der Waals surface area contributed by atoms with Crippen molar-refractivity contribution in [2.24, 2.45) is 0 Å². The van der Waals surface area contributed by atoms with Crippen LogP contribution in [0.2, 0.25) is 0 Å². The third-order valence-electron chi connectivity index (χ3n) is 5.30. The third-order valence-corrected chi connectivity index (χ3v) is 5.79. The van der Waals surface area contributed by atoms with Gasteiger partial charge in [-0.1, -0.05) is 58.4 Å². The Morgan fingerprint density at radius 3 is 2.41 bits per heavy atom. The van der Waals surface area contributed by atoms with E-state index >= 15 is 0 Å². The molecule has 7 nitrogen and oxygen atoms in total. The normalized spacial score (nSPS) is 12.3. The second-order valence-electron chi connectivity index (χ2n) is 7.58. The fourth-order valence-electron chi connectivity index (χ4n) is 3.80. The number of hydrogen-bond acceptors (Lipinski definition) is 5. The molecule has 4 aromatic rings. The first-order valence-corrected chi connectivity index (χ1v) is 11.2. The number of rotatable bonds is 5. The zero-order valence-corrected chi connectivity index (χ0v) is 19.3. The molecule has 0 unspecified atom stereocenters. The highest BCUT2D eigenvalue weighted by atomic mass is 79.9. The van der Waals surface area contributed by atoms with Crippen molar-refractivity contribution in [3.05, 3.63) is 117 Å². The van der Waals surface area contributed by atoms with E-state index in [1.54, 1.807) is 48.5 Å². The van der Waals surface area contributed by atoms with E-state index in [4.69, 9.17) is 9.47 Å². The van der Waals surface area contributed by atoms with Crippen LogP contribution in [-0.4, -0.2) is 10.8 Å². The highest BCUT2D eigenvalue weighted by Gasteiger charge is 2.35. The van der Waals surface area contributed by atoms with E-state index in [-0.39, 0.29) is 29.3 Å². The molecule has 0 aliphatic carbocycles. The number of carbonyl (C=O) groups excluding carboxylic acids is 1. The van der Waals surface area contributed by atoms with Gasteiger partial charge in [0.2, 0.25) is 0 Å². The summed E-state index contributed by atoms with van der Waals surface area (Å²) in [5, 5.41) is 12.0. The number of para-hydroxylation sites is 3. The Bertz CT molecular complexity index is 1410. The Hall–Kier alpha value is -4.17. The molecule has 5 rings (SSSR count). The molecule has 1 aliphatic heterocycles. The monoisotopic (exact) mass is 516 g/mol. The Balaban J connectivity index is 1.64. The molecule has 0 aromatic heterocycles. The summed E-state index contributed by atoms with van der Waals surface area (Å²) in [6, 6.07) is 26.2. The van der Waals surface area contributed by atoms with Gasteiger partial charge in [-0.05, 0) is 42.0 Å².